The van der Waals surface area contributed by atoms with Crippen LogP contribution in [-0.2, 0) is 11.9 Å². The van der Waals surface area contributed by atoms with E-state index in [1.807, 2.05) is 12.1 Å². The van der Waals surface area contributed by atoms with Crippen molar-refractivity contribution in [2.24, 2.45) is 0 Å². The van der Waals surface area contributed by atoms with Gasteiger partial charge in [0, 0.05) is 5.33 Å². The Balaban J connectivity index is 2.10. The molecule has 0 N–H and O–H groups in total. The molecular weight excluding hydrogens is 300 g/mol. The average Bonchev–Trinajstić information content (AvgIpc) is 2.45. The molecule has 0 unspecified atom stereocenters. The molecule has 0 heterocycles. The van der Waals surface area contributed by atoms with Crippen molar-refractivity contribution in [1.82, 2.24) is 0 Å². The predicted molar refractivity (Wildman–Crippen MR) is 83.9 cm³/mol. The monoisotopic (exact) mass is 318 g/mol. The first-order valence-electron chi connectivity index (χ1n) is 6.56. The molecule has 1 nitrogen and oxygen atoms in total. The Morgan fingerprint density at radius 3 is 2.47 bits per heavy atom. The highest BCUT2D eigenvalue weighted by Gasteiger charge is 2.06. The maximum absolute atomic E-state index is 5.97. The molecule has 0 spiro atoms. The zero-order chi connectivity index (χ0) is 13.7. The van der Waals surface area contributed by atoms with Gasteiger partial charge in [0.25, 0.3) is 0 Å². The van der Waals surface area contributed by atoms with Crippen LogP contribution < -0.4 is 4.74 Å². The minimum Gasteiger partial charge on any atom is -0.489 e. The zero-order valence-corrected chi connectivity index (χ0v) is 13.0. The molecule has 0 aliphatic heterocycles. The molecule has 0 amide bonds. The van der Waals surface area contributed by atoms with E-state index in [4.69, 9.17) is 4.74 Å². The van der Waals surface area contributed by atoms with E-state index in [1.165, 1.54) is 16.7 Å². The molecule has 0 aliphatic carbocycles. The second kappa shape index (κ2) is 6.76. The van der Waals surface area contributed by atoms with Gasteiger partial charge in [-0.15, -0.1) is 0 Å². The molecule has 2 aromatic rings. The molecule has 0 atom stereocenters. The highest BCUT2D eigenvalue weighted by atomic mass is 79.9. The van der Waals surface area contributed by atoms with Crippen molar-refractivity contribution in [3.05, 3.63) is 65.2 Å². The summed E-state index contributed by atoms with van der Waals surface area (Å²) in [6, 6.07) is 16.7. The van der Waals surface area contributed by atoms with E-state index in [1.54, 1.807) is 0 Å². The van der Waals surface area contributed by atoms with E-state index in [2.05, 4.69) is 66.2 Å². The van der Waals surface area contributed by atoms with Crippen LogP contribution in [0.3, 0.4) is 0 Å². The van der Waals surface area contributed by atoms with Gasteiger partial charge in [0.2, 0.25) is 0 Å². The summed E-state index contributed by atoms with van der Waals surface area (Å²) in [4.78, 5) is 0. The lowest BCUT2D eigenvalue weighted by Gasteiger charge is -2.14. The summed E-state index contributed by atoms with van der Waals surface area (Å²) < 4.78 is 5.97. The van der Waals surface area contributed by atoms with Crippen molar-refractivity contribution in [2.75, 3.05) is 0 Å². The van der Waals surface area contributed by atoms with Crippen molar-refractivity contribution in [3.63, 3.8) is 0 Å². The highest BCUT2D eigenvalue weighted by molar-refractivity contribution is 9.08. The molecule has 0 saturated heterocycles. The van der Waals surface area contributed by atoms with Crippen molar-refractivity contribution >= 4 is 15.9 Å². The number of halogens is 1. The van der Waals surface area contributed by atoms with Crippen LogP contribution in [0.15, 0.2) is 48.5 Å². The SMILES string of the molecule is CC(C)c1ccccc1OCc1cccc(CBr)c1. The van der Waals surface area contributed by atoms with Gasteiger partial charge in [0.05, 0.1) is 0 Å². The minimum atomic E-state index is 0.477. The number of hydrogen-bond donors (Lipinski definition) is 0. The molecule has 0 bridgehead atoms. The van der Waals surface area contributed by atoms with Crippen LogP contribution in [0.1, 0.15) is 36.5 Å². The van der Waals surface area contributed by atoms with Crippen LogP contribution >= 0.6 is 15.9 Å². The third-order valence-corrected chi connectivity index (χ3v) is 3.73. The molecule has 0 aliphatic rings. The van der Waals surface area contributed by atoms with Gasteiger partial charge in [-0.1, -0.05) is 72.2 Å². The summed E-state index contributed by atoms with van der Waals surface area (Å²) >= 11 is 3.48. The van der Waals surface area contributed by atoms with Gasteiger partial charge in [-0.2, -0.15) is 0 Å². The Morgan fingerprint density at radius 1 is 1.00 bits per heavy atom. The highest BCUT2D eigenvalue weighted by Crippen LogP contribution is 2.26. The van der Waals surface area contributed by atoms with Gasteiger partial charge < -0.3 is 4.74 Å². The summed E-state index contributed by atoms with van der Waals surface area (Å²) in [7, 11) is 0. The van der Waals surface area contributed by atoms with Crippen LogP contribution in [0.25, 0.3) is 0 Å². The van der Waals surface area contributed by atoms with Crippen molar-refractivity contribution in [3.8, 4) is 5.75 Å². The maximum atomic E-state index is 5.97. The van der Waals surface area contributed by atoms with E-state index >= 15 is 0 Å². The fraction of sp³-hybridized carbons (Fsp3) is 0.294. The minimum absolute atomic E-state index is 0.477. The standard InChI is InChI=1S/C17H19BrO/c1-13(2)16-8-3-4-9-17(16)19-12-15-7-5-6-14(10-15)11-18/h3-10,13H,11-12H2,1-2H3. The molecule has 0 fully saturated rings. The van der Waals surface area contributed by atoms with Gasteiger partial charge in [-0.05, 0) is 28.7 Å². The lowest BCUT2D eigenvalue weighted by molar-refractivity contribution is 0.301. The Bertz CT molecular complexity index is 534. The van der Waals surface area contributed by atoms with Crippen LogP contribution in [-0.4, -0.2) is 0 Å². The van der Waals surface area contributed by atoms with E-state index < -0.39 is 0 Å². The first-order valence-corrected chi connectivity index (χ1v) is 7.68. The number of rotatable bonds is 5. The lowest BCUT2D eigenvalue weighted by atomic mass is 10.0. The Labute approximate surface area is 123 Å². The Morgan fingerprint density at radius 2 is 1.74 bits per heavy atom. The molecule has 0 saturated carbocycles. The summed E-state index contributed by atoms with van der Waals surface area (Å²) in [5.74, 6) is 1.46. The topological polar surface area (TPSA) is 9.23 Å². The average molecular weight is 319 g/mol. The predicted octanol–water partition coefficient (Wildman–Crippen LogP) is 5.28. The maximum Gasteiger partial charge on any atom is 0.123 e. The molecule has 19 heavy (non-hydrogen) atoms. The van der Waals surface area contributed by atoms with E-state index in [-0.39, 0.29) is 0 Å². The molecule has 2 rings (SSSR count). The van der Waals surface area contributed by atoms with Crippen LogP contribution in [0, 0.1) is 0 Å². The normalized spacial score (nSPS) is 10.7. The fourth-order valence-corrected chi connectivity index (χ4v) is 2.40. The first kappa shape index (κ1) is 14.1. The second-order valence-electron chi connectivity index (χ2n) is 4.93. The lowest BCUT2D eigenvalue weighted by Crippen LogP contribution is -2.00. The Hall–Kier alpha value is -1.28. The Kier molecular flexibility index (Phi) is 5.03. The van der Waals surface area contributed by atoms with Gasteiger partial charge in [-0.25, -0.2) is 0 Å². The van der Waals surface area contributed by atoms with Gasteiger partial charge in [0.1, 0.15) is 12.4 Å². The molecule has 0 aromatic heterocycles. The number of para-hydroxylation sites is 1. The van der Waals surface area contributed by atoms with Gasteiger partial charge >= 0.3 is 0 Å². The third-order valence-electron chi connectivity index (χ3n) is 3.08. The smallest absolute Gasteiger partial charge is 0.123 e. The third kappa shape index (κ3) is 3.84. The van der Waals surface area contributed by atoms with Crippen LogP contribution in [0.2, 0.25) is 0 Å². The number of ether oxygens (including phenoxy) is 1. The van der Waals surface area contributed by atoms with Crippen molar-refractivity contribution in [2.45, 2.75) is 31.7 Å². The zero-order valence-electron chi connectivity index (χ0n) is 11.4. The quantitative estimate of drug-likeness (QED) is 0.681. The number of alkyl halides is 1. The molecular formula is C17H19BrO. The van der Waals surface area contributed by atoms with Crippen LogP contribution in [0.5, 0.6) is 5.75 Å². The summed E-state index contributed by atoms with van der Waals surface area (Å²) in [5.41, 5.74) is 3.74. The number of hydrogen-bond acceptors (Lipinski definition) is 1. The van der Waals surface area contributed by atoms with E-state index in [0.29, 0.717) is 12.5 Å². The van der Waals surface area contributed by atoms with Gasteiger partial charge in [0.15, 0.2) is 0 Å². The summed E-state index contributed by atoms with van der Waals surface area (Å²) in [6.45, 7) is 4.99. The molecule has 100 valence electrons. The molecule has 0 radical (unpaired) electrons. The summed E-state index contributed by atoms with van der Waals surface area (Å²) in [6.07, 6.45) is 0. The second-order valence-corrected chi connectivity index (χ2v) is 5.50. The largest absolute Gasteiger partial charge is 0.489 e. The van der Waals surface area contributed by atoms with Crippen molar-refractivity contribution in [1.29, 1.82) is 0 Å². The number of benzene rings is 2. The first-order chi connectivity index (χ1) is 9.20. The van der Waals surface area contributed by atoms with Crippen LogP contribution in [0.4, 0.5) is 0 Å². The fourth-order valence-electron chi connectivity index (χ4n) is 2.05. The van der Waals surface area contributed by atoms with E-state index in [0.717, 1.165) is 11.1 Å². The van der Waals surface area contributed by atoms with Crippen molar-refractivity contribution < 1.29 is 4.74 Å². The molecule has 2 heteroatoms. The van der Waals surface area contributed by atoms with E-state index in [9.17, 15) is 0 Å². The molecule has 2 aromatic carbocycles. The van der Waals surface area contributed by atoms with Gasteiger partial charge in [-0.3, -0.25) is 0 Å². The summed E-state index contributed by atoms with van der Waals surface area (Å²) in [5, 5.41) is 0.878.